The molecule has 1 aromatic heterocycles. The van der Waals surface area contributed by atoms with Crippen molar-refractivity contribution in [3.8, 4) is 0 Å². The predicted molar refractivity (Wildman–Crippen MR) is 96.9 cm³/mol. The van der Waals surface area contributed by atoms with Gasteiger partial charge in [-0.1, -0.05) is 12.1 Å². The van der Waals surface area contributed by atoms with E-state index < -0.39 is 0 Å². The number of thiophene rings is 1. The number of aliphatic imine (C=N–C) groups is 1. The molecule has 0 aliphatic carbocycles. The number of nitrogens with one attached hydrogen (secondary N) is 2. The SMILES string of the molecule is CN=C(NCc1cccc(N(C)C)c1)NCc1sccc1C. The number of aryl methyl sites for hydroxylation is 1. The molecule has 0 saturated heterocycles. The van der Waals surface area contributed by atoms with Crippen molar-refractivity contribution in [1.29, 1.82) is 0 Å². The van der Waals surface area contributed by atoms with Crippen LogP contribution in [0.1, 0.15) is 16.0 Å². The van der Waals surface area contributed by atoms with Crippen LogP contribution in [0, 0.1) is 6.92 Å². The lowest BCUT2D eigenvalue weighted by atomic mass is 10.2. The third-order valence-electron chi connectivity index (χ3n) is 3.50. The van der Waals surface area contributed by atoms with Crippen molar-refractivity contribution >= 4 is 23.0 Å². The minimum Gasteiger partial charge on any atom is -0.378 e. The van der Waals surface area contributed by atoms with Gasteiger partial charge >= 0.3 is 0 Å². The number of rotatable bonds is 5. The Morgan fingerprint density at radius 2 is 1.95 bits per heavy atom. The normalized spacial score (nSPS) is 11.4. The largest absolute Gasteiger partial charge is 0.378 e. The van der Waals surface area contributed by atoms with Crippen molar-refractivity contribution in [1.82, 2.24) is 10.6 Å². The van der Waals surface area contributed by atoms with Gasteiger partial charge in [-0.25, -0.2) is 0 Å². The van der Waals surface area contributed by atoms with Gasteiger partial charge in [-0.2, -0.15) is 0 Å². The first kappa shape index (κ1) is 16.4. The van der Waals surface area contributed by atoms with Gasteiger partial charge in [0.25, 0.3) is 0 Å². The maximum atomic E-state index is 4.28. The fourth-order valence-electron chi connectivity index (χ4n) is 2.10. The Morgan fingerprint density at radius 3 is 2.59 bits per heavy atom. The van der Waals surface area contributed by atoms with Gasteiger partial charge in [-0.15, -0.1) is 11.3 Å². The van der Waals surface area contributed by atoms with E-state index in [4.69, 9.17) is 0 Å². The van der Waals surface area contributed by atoms with E-state index in [1.807, 2.05) is 0 Å². The minimum atomic E-state index is 0.755. The summed E-state index contributed by atoms with van der Waals surface area (Å²) in [6.07, 6.45) is 0. The molecule has 22 heavy (non-hydrogen) atoms. The molecule has 2 aromatic rings. The number of anilines is 1. The number of nitrogens with zero attached hydrogens (tertiary/aromatic N) is 2. The first-order valence-electron chi connectivity index (χ1n) is 7.34. The third-order valence-corrected chi connectivity index (χ3v) is 4.52. The molecule has 0 fully saturated rings. The number of hydrogen-bond acceptors (Lipinski definition) is 3. The zero-order valence-electron chi connectivity index (χ0n) is 13.7. The van der Waals surface area contributed by atoms with Gasteiger partial charge in [0.2, 0.25) is 0 Å². The standard InChI is InChI=1S/C17H24N4S/c1-13-8-9-22-16(13)12-20-17(18-2)19-11-14-6-5-7-15(10-14)21(3)4/h5-10H,11-12H2,1-4H3,(H2,18,19,20). The average Bonchev–Trinajstić information content (AvgIpc) is 2.93. The highest BCUT2D eigenvalue weighted by atomic mass is 32.1. The molecular formula is C17H24N4S. The second kappa shape index (κ2) is 7.84. The predicted octanol–water partition coefficient (Wildman–Crippen LogP) is 2.99. The maximum Gasteiger partial charge on any atom is 0.191 e. The summed E-state index contributed by atoms with van der Waals surface area (Å²) in [5, 5.41) is 8.84. The van der Waals surface area contributed by atoms with Crippen molar-refractivity contribution < 1.29 is 0 Å². The molecule has 1 aromatic carbocycles. The highest BCUT2D eigenvalue weighted by Gasteiger charge is 2.03. The second-order valence-corrected chi connectivity index (χ2v) is 6.37. The molecular weight excluding hydrogens is 292 g/mol. The molecule has 0 atom stereocenters. The summed E-state index contributed by atoms with van der Waals surface area (Å²) >= 11 is 1.77. The molecule has 4 nitrogen and oxygen atoms in total. The van der Waals surface area contributed by atoms with Gasteiger partial charge in [0, 0.05) is 38.3 Å². The van der Waals surface area contributed by atoms with Crippen molar-refractivity contribution in [3.05, 3.63) is 51.7 Å². The van der Waals surface area contributed by atoms with Crippen LogP contribution in [0.25, 0.3) is 0 Å². The van der Waals surface area contributed by atoms with E-state index in [0.717, 1.165) is 19.0 Å². The third kappa shape index (κ3) is 4.49. The van der Waals surface area contributed by atoms with Gasteiger partial charge < -0.3 is 15.5 Å². The average molecular weight is 316 g/mol. The zero-order valence-corrected chi connectivity index (χ0v) is 14.5. The van der Waals surface area contributed by atoms with Crippen LogP contribution in [0.5, 0.6) is 0 Å². The lowest BCUT2D eigenvalue weighted by Gasteiger charge is -2.15. The van der Waals surface area contributed by atoms with E-state index in [1.165, 1.54) is 21.7 Å². The summed E-state index contributed by atoms with van der Waals surface area (Å²) in [6.45, 7) is 3.70. The second-order valence-electron chi connectivity index (χ2n) is 5.37. The monoisotopic (exact) mass is 316 g/mol. The van der Waals surface area contributed by atoms with Crippen LogP contribution in [-0.4, -0.2) is 27.1 Å². The van der Waals surface area contributed by atoms with E-state index >= 15 is 0 Å². The molecule has 1 heterocycles. The Labute approximate surface area is 136 Å². The number of hydrogen-bond donors (Lipinski definition) is 2. The van der Waals surface area contributed by atoms with Crippen LogP contribution in [-0.2, 0) is 13.1 Å². The van der Waals surface area contributed by atoms with E-state index in [9.17, 15) is 0 Å². The molecule has 0 unspecified atom stereocenters. The van der Waals surface area contributed by atoms with E-state index in [2.05, 4.69) is 77.3 Å². The first-order valence-corrected chi connectivity index (χ1v) is 8.22. The van der Waals surface area contributed by atoms with Gasteiger partial charge in [0.15, 0.2) is 5.96 Å². The Balaban J connectivity index is 1.89. The van der Waals surface area contributed by atoms with Crippen molar-refractivity contribution in [3.63, 3.8) is 0 Å². The summed E-state index contributed by atoms with van der Waals surface area (Å²) in [7, 11) is 5.90. The molecule has 118 valence electrons. The minimum absolute atomic E-state index is 0.755. The summed E-state index contributed by atoms with van der Waals surface area (Å²) < 4.78 is 0. The number of guanidine groups is 1. The Bertz CT molecular complexity index is 631. The molecule has 0 aliphatic heterocycles. The summed E-state index contributed by atoms with van der Waals surface area (Å²) in [6, 6.07) is 10.6. The van der Waals surface area contributed by atoms with E-state index in [1.54, 1.807) is 18.4 Å². The molecule has 0 spiro atoms. The molecule has 0 aliphatic rings. The Kier molecular flexibility index (Phi) is 5.83. The molecule has 2 N–H and O–H groups in total. The topological polar surface area (TPSA) is 39.7 Å². The van der Waals surface area contributed by atoms with E-state index in [0.29, 0.717) is 0 Å². The molecule has 0 saturated carbocycles. The van der Waals surface area contributed by atoms with Crippen LogP contribution < -0.4 is 15.5 Å². The Morgan fingerprint density at radius 1 is 1.18 bits per heavy atom. The smallest absolute Gasteiger partial charge is 0.191 e. The van der Waals surface area contributed by atoms with Crippen molar-refractivity contribution in [2.24, 2.45) is 4.99 Å². The van der Waals surface area contributed by atoms with Gasteiger partial charge in [-0.05, 0) is 41.6 Å². The number of benzene rings is 1. The lowest BCUT2D eigenvalue weighted by Crippen LogP contribution is -2.36. The molecule has 0 amide bonds. The van der Waals surface area contributed by atoms with Crippen LogP contribution in [0.15, 0.2) is 40.7 Å². The van der Waals surface area contributed by atoms with Gasteiger partial charge in [0.1, 0.15) is 0 Å². The van der Waals surface area contributed by atoms with E-state index in [-0.39, 0.29) is 0 Å². The van der Waals surface area contributed by atoms with Crippen LogP contribution in [0.3, 0.4) is 0 Å². The fourth-order valence-corrected chi connectivity index (χ4v) is 2.95. The van der Waals surface area contributed by atoms with Crippen molar-refractivity contribution in [2.45, 2.75) is 20.0 Å². The highest BCUT2D eigenvalue weighted by molar-refractivity contribution is 7.10. The lowest BCUT2D eigenvalue weighted by molar-refractivity contribution is 0.813. The molecule has 2 rings (SSSR count). The highest BCUT2D eigenvalue weighted by Crippen LogP contribution is 2.15. The molecule has 0 radical (unpaired) electrons. The zero-order chi connectivity index (χ0) is 15.9. The van der Waals surface area contributed by atoms with Crippen LogP contribution >= 0.6 is 11.3 Å². The quantitative estimate of drug-likeness (QED) is 0.658. The first-order chi connectivity index (χ1) is 10.6. The van der Waals surface area contributed by atoms with Gasteiger partial charge in [-0.3, -0.25) is 4.99 Å². The summed E-state index contributed by atoms with van der Waals surface area (Å²) in [5.41, 5.74) is 3.77. The maximum absolute atomic E-state index is 4.28. The summed E-state index contributed by atoms with van der Waals surface area (Å²) in [4.78, 5) is 7.73. The fraction of sp³-hybridized carbons (Fsp3) is 0.353. The van der Waals surface area contributed by atoms with Crippen molar-refractivity contribution in [2.75, 3.05) is 26.0 Å². The van der Waals surface area contributed by atoms with Gasteiger partial charge in [0.05, 0.1) is 6.54 Å². The Hall–Kier alpha value is -2.01. The molecule has 5 heteroatoms. The summed E-state index contributed by atoms with van der Waals surface area (Å²) in [5.74, 6) is 0.822. The molecule has 0 bridgehead atoms. The van der Waals surface area contributed by atoms with Crippen LogP contribution in [0.4, 0.5) is 5.69 Å². The van der Waals surface area contributed by atoms with Crippen LogP contribution in [0.2, 0.25) is 0 Å².